The molecule has 0 saturated carbocycles. The first kappa shape index (κ1) is 23.9. The number of ether oxygens (including phenoxy) is 2. The molecular weight excluding hydrogens is 519 g/mol. The molecule has 166 valence electrons. The summed E-state index contributed by atoms with van der Waals surface area (Å²) in [6.45, 7) is 0.0186. The van der Waals surface area contributed by atoms with Crippen molar-refractivity contribution in [2.75, 3.05) is 19.0 Å². The number of hydrogen-bond acceptors (Lipinski definition) is 5. The van der Waals surface area contributed by atoms with Crippen molar-refractivity contribution in [3.63, 3.8) is 0 Å². The van der Waals surface area contributed by atoms with Crippen molar-refractivity contribution in [3.8, 4) is 11.5 Å². The third-order valence-electron chi connectivity index (χ3n) is 4.17. The highest BCUT2D eigenvalue weighted by Crippen LogP contribution is 2.37. The van der Waals surface area contributed by atoms with E-state index in [0.717, 1.165) is 5.56 Å². The van der Waals surface area contributed by atoms with Crippen LogP contribution in [0.15, 0.2) is 70.3 Å². The number of carbonyl (C=O) groups is 1. The molecule has 3 rings (SSSR count). The van der Waals surface area contributed by atoms with Crippen molar-refractivity contribution in [1.82, 2.24) is 0 Å². The quantitative estimate of drug-likeness (QED) is 0.255. The lowest BCUT2D eigenvalue weighted by atomic mass is 10.2. The van der Waals surface area contributed by atoms with E-state index in [1.807, 2.05) is 18.2 Å². The first-order chi connectivity index (χ1) is 15.5. The maximum Gasteiger partial charge on any atom is 0.265 e. The van der Waals surface area contributed by atoms with Gasteiger partial charge < -0.3 is 19.6 Å². The second kappa shape index (κ2) is 11.8. The highest BCUT2D eigenvalue weighted by Gasteiger charge is 2.13. The van der Waals surface area contributed by atoms with Gasteiger partial charge in [-0.25, -0.2) is 0 Å². The summed E-state index contributed by atoms with van der Waals surface area (Å²) in [6, 6.07) is 17.8. The molecule has 6 nitrogen and oxygen atoms in total. The van der Waals surface area contributed by atoms with Crippen LogP contribution >= 0.6 is 39.1 Å². The molecule has 0 spiro atoms. The fourth-order valence-corrected chi connectivity index (χ4v) is 3.69. The number of carbonyl (C=O) groups excluding carboxylic acids is 1. The highest BCUT2D eigenvalue weighted by atomic mass is 79.9. The Bertz CT molecular complexity index is 1110. The molecule has 0 unspecified atom stereocenters. The minimum atomic E-state index is -0.309. The lowest BCUT2D eigenvalue weighted by molar-refractivity contribution is -0.120. The Labute approximate surface area is 204 Å². The van der Waals surface area contributed by atoms with E-state index < -0.39 is 0 Å². The summed E-state index contributed by atoms with van der Waals surface area (Å²) in [5.74, 6) is 0.697. The smallest absolute Gasteiger partial charge is 0.265 e. The molecule has 0 aliphatic heterocycles. The van der Waals surface area contributed by atoms with Crippen LogP contribution in [0.3, 0.4) is 0 Å². The second-order valence-electron chi connectivity index (χ2n) is 6.48. The number of amides is 1. The van der Waals surface area contributed by atoms with Gasteiger partial charge in [0, 0.05) is 26.9 Å². The van der Waals surface area contributed by atoms with Crippen molar-refractivity contribution < 1.29 is 19.1 Å². The molecule has 0 atom stereocenters. The molecule has 9 heteroatoms. The fraction of sp³-hybridized carbons (Fsp3) is 0.130. The number of rotatable bonds is 9. The maximum absolute atomic E-state index is 11.9. The van der Waals surface area contributed by atoms with E-state index in [4.69, 9.17) is 37.5 Å². The molecule has 0 saturated heterocycles. The van der Waals surface area contributed by atoms with E-state index in [1.165, 1.54) is 13.3 Å². The standard InChI is InChI=1S/C23H19BrCl2N2O4/c1-30-21-10-15(12-27-32-14-22(29)28-18-5-3-2-4-6-18)9-19(24)23(21)31-13-16-7-8-17(25)11-20(16)26/h2-12H,13-14H2,1H3,(H,28,29)/b27-12+. The topological polar surface area (TPSA) is 69.2 Å². The molecule has 3 aromatic carbocycles. The zero-order valence-corrected chi connectivity index (χ0v) is 20.1. The van der Waals surface area contributed by atoms with Gasteiger partial charge in [-0.05, 0) is 52.3 Å². The zero-order chi connectivity index (χ0) is 22.9. The van der Waals surface area contributed by atoms with E-state index in [9.17, 15) is 4.79 Å². The van der Waals surface area contributed by atoms with Gasteiger partial charge in [-0.15, -0.1) is 0 Å². The van der Waals surface area contributed by atoms with Crippen LogP contribution in [0.25, 0.3) is 0 Å². The van der Waals surface area contributed by atoms with Gasteiger partial charge in [-0.2, -0.15) is 0 Å². The average Bonchev–Trinajstić information content (AvgIpc) is 2.77. The Morgan fingerprint density at radius 3 is 2.62 bits per heavy atom. The number of nitrogens with zero attached hydrogens (tertiary/aromatic N) is 1. The van der Waals surface area contributed by atoms with Crippen LogP contribution < -0.4 is 14.8 Å². The summed E-state index contributed by atoms with van der Waals surface area (Å²) in [5.41, 5.74) is 2.17. The first-order valence-corrected chi connectivity index (χ1v) is 11.0. The number of nitrogens with one attached hydrogen (secondary N) is 1. The van der Waals surface area contributed by atoms with Crippen LogP contribution in [0.2, 0.25) is 10.0 Å². The SMILES string of the molecule is COc1cc(/C=N/OCC(=O)Nc2ccccc2)cc(Br)c1OCc1ccc(Cl)cc1Cl. The van der Waals surface area contributed by atoms with Crippen molar-refractivity contribution in [2.24, 2.45) is 5.16 Å². The van der Waals surface area contributed by atoms with Crippen LogP contribution in [0.4, 0.5) is 5.69 Å². The van der Waals surface area contributed by atoms with Crippen LogP contribution in [-0.4, -0.2) is 25.8 Å². The molecule has 0 aliphatic rings. The van der Waals surface area contributed by atoms with Crippen molar-refractivity contribution in [1.29, 1.82) is 0 Å². The highest BCUT2D eigenvalue weighted by molar-refractivity contribution is 9.10. The summed E-state index contributed by atoms with van der Waals surface area (Å²) in [5, 5.41) is 7.64. The van der Waals surface area contributed by atoms with Crippen LogP contribution in [0.5, 0.6) is 11.5 Å². The molecule has 32 heavy (non-hydrogen) atoms. The van der Waals surface area contributed by atoms with Crippen molar-refractivity contribution in [2.45, 2.75) is 6.61 Å². The second-order valence-corrected chi connectivity index (χ2v) is 8.18. The Hall–Kier alpha value is -2.74. The number of oxime groups is 1. The van der Waals surface area contributed by atoms with E-state index >= 15 is 0 Å². The van der Waals surface area contributed by atoms with Gasteiger partial charge in [0.2, 0.25) is 0 Å². The van der Waals surface area contributed by atoms with E-state index in [1.54, 1.807) is 42.5 Å². The van der Waals surface area contributed by atoms with E-state index in [-0.39, 0.29) is 19.1 Å². The lowest BCUT2D eigenvalue weighted by Gasteiger charge is -2.14. The van der Waals surface area contributed by atoms with Gasteiger partial charge >= 0.3 is 0 Å². The van der Waals surface area contributed by atoms with E-state index in [2.05, 4.69) is 26.4 Å². The molecule has 1 N–H and O–H groups in total. The van der Waals surface area contributed by atoms with E-state index in [0.29, 0.717) is 37.3 Å². The third kappa shape index (κ3) is 6.88. The molecule has 0 heterocycles. The summed E-state index contributed by atoms with van der Waals surface area (Å²) >= 11 is 15.6. The Balaban J connectivity index is 1.59. The third-order valence-corrected chi connectivity index (χ3v) is 5.34. The Morgan fingerprint density at radius 1 is 1.12 bits per heavy atom. The van der Waals surface area contributed by atoms with Gasteiger partial charge in [0.05, 0.1) is 17.8 Å². The minimum absolute atomic E-state index is 0.216. The minimum Gasteiger partial charge on any atom is -0.493 e. The summed E-state index contributed by atoms with van der Waals surface area (Å²) < 4.78 is 12.0. The summed E-state index contributed by atoms with van der Waals surface area (Å²) in [4.78, 5) is 17.0. The van der Waals surface area contributed by atoms with Gasteiger partial charge in [0.15, 0.2) is 18.1 Å². The molecule has 3 aromatic rings. The normalized spacial score (nSPS) is 10.8. The summed E-state index contributed by atoms with van der Waals surface area (Å²) in [6.07, 6.45) is 1.48. The Kier molecular flexibility index (Phi) is 8.79. The predicted molar refractivity (Wildman–Crippen MR) is 130 cm³/mol. The maximum atomic E-state index is 11.9. The molecule has 0 radical (unpaired) electrons. The largest absolute Gasteiger partial charge is 0.493 e. The van der Waals surface area contributed by atoms with Gasteiger partial charge in [-0.1, -0.05) is 52.6 Å². The number of para-hydroxylation sites is 1. The number of benzene rings is 3. The molecule has 0 fully saturated rings. The predicted octanol–water partition coefficient (Wildman–Crippen LogP) is 6.33. The van der Waals surface area contributed by atoms with Gasteiger partial charge in [-0.3, -0.25) is 4.79 Å². The molecule has 0 aromatic heterocycles. The monoisotopic (exact) mass is 536 g/mol. The fourth-order valence-electron chi connectivity index (χ4n) is 2.66. The van der Waals surface area contributed by atoms with Gasteiger partial charge in [0.1, 0.15) is 6.61 Å². The van der Waals surface area contributed by atoms with Crippen LogP contribution in [0.1, 0.15) is 11.1 Å². The molecule has 0 aliphatic carbocycles. The number of halogens is 3. The molecular formula is C23H19BrCl2N2O4. The molecule has 0 bridgehead atoms. The summed E-state index contributed by atoms with van der Waals surface area (Å²) in [7, 11) is 1.54. The lowest BCUT2D eigenvalue weighted by Crippen LogP contribution is -2.16. The van der Waals surface area contributed by atoms with Crippen molar-refractivity contribution in [3.05, 3.63) is 86.3 Å². The number of hydrogen-bond donors (Lipinski definition) is 1. The first-order valence-electron chi connectivity index (χ1n) is 9.40. The van der Waals surface area contributed by atoms with Crippen molar-refractivity contribution >= 4 is 56.9 Å². The van der Waals surface area contributed by atoms with Crippen LogP contribution in [0, 0.1) is 0 Å². The Morgan fingerprint density at radius 2 is 1.91 bits per heavy atom. The van der Waals surface area contributed by atoms with Crippen LogP contribution in [-0.2, 0) is 16.2 Å². The number of methoxy groups -OCH3 is 1. The molecule has 1 amide bonds. The van der Waals surface area contributed by atoms with Gasteiger partial charge in [0.25, 0.3) is 5.91 Å². The zero-order valence-electron chi connectivity index (χ0n) is 17.0. The average molecular weight is 538 g/mol. The number of anilines is 1.